The number of hydrogen-bond acceptors (Lipinski definition) is 1. The standard InChI is InChI=1S/C15H17ClN2O/c1-10-8-13(11(2)18(10)3)9-17-15(19)12-4-6-14(16)7-5-12/h4-8H,9H2,1-3H3,(H,17,19). The quantitative estimate of drug-likeness (QED) is 0.918. The van der Waals surface area contributed by atoms with Crippen LogP contribution in [-0.2, 0) is 13.6 Å². The summed E-state index contributed by atoms with van der Waals surface area (Å²) in [4.78, 5) is 12.0. The Hall–Kier alpha value is -1.74. The molecule has 0 spiro atoms. The van der Waals surface area contributed by atoms with Crippen molar-refractivity contribution in [2.45, 2.75) is 20.4 Å². The fourth-order valence-corrected chi connectivity index (χ4v) is 2.12. The summed E-state index contributed by atoms with van der Waals surface area (Å²) in [6.07, 6.45) is 0. The normalized spacial score (nSPS) is 10.5. The molecule has 0 aliphatic rings. The van der Waals surface area contributed by atoms with E-state index in [-0.39, 0.29) is 5.91 Å². The monoisotopic (exact) mass is 276 g/mol. The molecule has 0 aliphatic heterocycles. The van der Waals surface area contributed by atoms with Crippen LogP contribution in [0.1, 0.15) is 27.3 Å². The fourth-order valence-electron chi connectivity index (χ4n) is 1.99. The molecule has 0 bridgehead atoms. The highest BCUT2D eigenvalue weighted by molar-refractivity contribution is 6.30. The number of aryl methyl sites for hydroxylation is 1. The number of nitrogens with one attached hydrogen (secondary N) is 1. The molecule has 0 saturated heterocycles. The van der Waals surface area contributed by atoms with Gasteiger partial charge in [-0.2, -0.15) is 0 Å². The van der Waals surface area contributed by atoms with E-state index in [1.54, 1.807) is 24.3 Å². The number of rotatable bonds is 3. The molecule has 0 aliphatic carbocycles. The van der Waals surface area contributed by atoms with Crippen molar-refractivity contribution in [2.24, 2.45) is 7.05 Å². The second kappa shape index (κ2) is 5.49. The average Bonchev–Trinajstić information content (AvgIpc) is 2.64. The smallest absolute Gasteiger partial charge is 0.251 e. The summed E-state index contributed by atoms with van der Waals surface area (Å²) < 4.78 is 2.11. The number of hydrogen-bond donors (Lipinski definition) is 1. The summed E-state index contributed by atoms with van der Waals surface area (Å²) in [5.74, 6) is -0.0856. The van der Waals surface area contributed by atoms with Crippen molar-refractivity contribution in [1.29, 1.82) is 0 Å². The zero-order chi connectivity index (χ0) is 14.0. The topological polar surface area (TPSA) is 34.0 Å². The van der Waals surface area contributed by atoms with Gasteiger partial charge in [-0.1, -0.05) is 11.6 Å². The molecule has 1 aromatic carbocycles. The van der Waals surface area contributed by atoms with E-state index in [0.717, 1.165) is 5.56 Å². The predicted molar refractivity (Wildman–Crippen MR) is 77.5 cm³/mol. The minimum atomic E-state index is -0.0856. The van der Waals surface area contributed by atoms with E-state index in [1.165, 1.54) is 11.4 Å². The van der Waals surface area contributed by atoms with Crippen molar-refractivity contribution in [3.05, 3.63) is 57.9 Å². The molecule has 0 saturated carbocycles. The molecule has 0 radical (unpaired) electrons. The van der Waals surface area contributed by atoms with Gasteiger partial charge in [0, 0.05) is 35.6 Å². The molecule has 1 heterocycles. The molecule has 0 unspecified atom stereocenters. The van der Waals surface area contributed by atoms with Gasteiger partial charge in [0.1, 0.15) is 0 Å². The maximum Gasteiger partial charge on any atom is 0.251 e. The van der Waals surface area contributed by atoms with Gasteiger partial charge in [-0.15, -0.1) is 0 Å². The Bertz CT molecular complexity index is 599. The summed E-state index contributed by atoms with van der Waals surface area (Å²) >= 11 is 5.80. The number of amides is 1. The summed E-state index contributed by atoms with van der Waals surface area (Å²) in [6.45, 7) is 4.64. The van der Waals surface area contributed by atoms with E-state index in [4.69, 9.17) is 11.6 Å². The summed E-state index contributed by atoms with van der Waals surface area (Å²) in [6, 6.07) is 8.97. The summed E-state index contributed by atoms with van der Waals surface area (Å²) in [5, 5.41) is 3.55. The van der Waals surface area contributed by atoms with E-state index in [1.807, 2.05) is 7.05 Å². The lowest BCUT2D eigenvalue weighted by molar-refractivity contribution is 0.0951. The van der Waals surface area contributed by atoms with E-state index in [0.29, 0.717) is 17.1 Å². The van der Waals surface area contributed by atoms with Crippen LogP contribution in [0.3, 0.4) is 0 Å². The second-order valence-electron chi connectivity index (χ2n) is 4.64. The lowest BCUT2D eigenvalue weighted by Crippen LogP contribution is -2.22. The first-order valence-corrected chi connectivity index (χ1v) is 6.52. The zero-order valence-corrected chi connectivity index (χ0v) is 12.1. The number of carbonyl (C=O) groups excluding carboxylic acids is 1. The van der Waals surface area contributed by atoms with Gasteiger partial charge in [0.25, 0.3) is 5.91 Å². The molecule has 2 aromatic rings. The Morgan fingerprint density at radius 3 is 2.42 bits per heavy atom. The number of benzene rings is 1. The van der Waals surface area contributed by atoms with Crippen LogP contribution in [0.4, 0.5) is 0 Å². The van der Waals surface area contributed by atoms with E-state index in [2.05, 4.69) is 29.8 Å². The molecule has 2 rings (SSSR count). The van der Waals surface area contributed by atoms with E-state index in [9.17, 15) is 4.79 Å². The van der Waals surface area contributed by atoms with Crippen LogP contribution >= 0.6 is 11.6 Å². The first-order chi connectivity index (χ1) is 8.99. The van der Waals surface area contributed by atoms with Crippen molar-refractivity contribution in [1.82, 2.24) is 9.88 Å². The van der Waals surface area contributed by atoms with Crippen LogP contribution in [0, 0.1) is 13.8 Å². The maximum atomic E-state index is 12.0. The molecule has 1 amide bonds. The molecule has 4 heteroatoms. The third kappa shape index (κ3) is 2.99. The molecule has 19 heavy (non-hydrogen) atoms. The Balaban J connectivity index is 2.04. The molecule has 1 N–H and O–H groups in total. The van der Waals surface area contributed by atoms with Crippen molar-refractivity contribution >= 4 is 17.5 Å². The van der Waals surface area contributed by atoms with Gasteiger partial charge in [-0.25, -0.2) is 0 Å². The van der Waals surface area contributed by atoms with Crippen LogP contribution in [-0.4, -0.2) is 10.5 Å². The number of carbonyl (C=O) groups is 1. The Labute approximate surface area is 118 Å². The maximum absolute atomic E-state index is 12.0. The van der Waals surface area contributed by atoms with Crippen LogP contribution in [0.2, 0.25) is 5.02 Å². The Kier molecular flexibility index (Phi) is 3.96. The molecule has 0 fully saturated rings. The molecule has 0 atom stereocenters. The van der Waals surface area contributed by atoms with Gasteiger partial charge in [-0.3, -0.25) is 4.79 Å². The average molecular weight is 277 g/mol. The minimum Gasteiger partial charge on any atom is -0.352 e. The van der Waals surface area contributed by atoms with Gasteiger partial charge in [0.05, 0.1) is 0 Å². The highest BCUT2D eigenvalue weighted by atomic mass is 35.5. The Morgan fingerprint density at radius 2 is 1.89 bits per heavy atom. The third-order valence-electron chi connectivity index (χ3n) is 3.43. The molecular weight excluding hydrogens is 260 g/mol. The molecule has 100 valence electrons. The largest absolute Gasteiger partial charge is 0.352 e. The predicted octanol–water partition coefficient (Wildman–Crippen LogP) is 3.23. The summed E-state index contributed by atoms with van der Waals surface area (Å²) in [7, 11) is 2.02. The van der Waals surface area contributed by atoms with Crippen molar-refractivity contribution in [3.8, 4) is 0 Å². The molecular formula is C15H17ClN2O. The highest BCUT2D eigenvalue weighted by Crippen LogP contribution is 2.13. The van der Waals surface area contributed by atoms with Crippen LogP contribution in [0.25, 0.3) is 0 Å². The third-order valence-corrected chi connectivity index (χ3v) is 3.68. The SMILES string of the molecule is Cc1cc(CNC(=O)c2ccc(Cl)cc2)c(C)n1C. The molecule has 1 aromatic heterocycles. The number of aromatic nitrogens is 1. The van der Waals surface area contributed by atoms with Gasteiger partial charge < -0.3 is 9.88 Å². The summed E-state index contributed by atoms with van der Waals surface area (Å²) in [5.41, 5.74) is 4.12. The van der Waals surface area contributed by atoms with Crippen LogP contribution in [0.5, 0.6) is 0 Å². The zero-order valence-electron chi connectivity index (χ0n) is 11.3. The lowest BCUT2D eigenvalue weighted by Gasteiger charge is -2.06. The van der Waals surface area contributed by atoms with Crippen LogP contribution in [0.15, 0.2) is 30.3 Å². The second-order valence-corrected chi connectivity index (χ2v) is 5.08. The minimum absolute atomic E-state index is 0.0856. The molecule has 3 nitrogen and oxygen atoms in total. The van der Waals surface area contributed by atoms with Crippen molar-refractivity contribution < 1.29 is 4.79 Å². The van der Waals surface area contributed by atoms with Gasteiger partial charge >= 0.3 is 0 Å². The van der Waals surface area contributed by atoms with Gasteiger partial charge in [0.15, 0.2) is 0 Å². The van der Waals surface area contributed by atoms with Gasteiger partial charge in [0.2, 0.25) is 0 Å². The number of halogens is 1. The number of nitrogens with zero attached hydrogens (tertiary/aromatic N) is 1. The lowest BCUT2D eigenvalue weighted by atomic mass is 10.2. The van der Waals surface area contributed by atoms with Gasteiger partial charge in [-0.05, 0) is 49.7 Å². The van der Waals surface area contributed by atoms with Crippen molar-refractivity contribution in [2.75, 3.05) is 0 Å². The van der Waals surface area contributed by atoms with E-state index < -0.39 is 0 Å². The van der Waals surface area contributed by atoms with Crippen molar-refractivity contribution in [3.63, 3.8) is 0 Å². The fraction of sp³-hybridized carbons (Fsp3) is 0.267. The first kappa shape index (κ1) is 13.7. The van der Waals surface area contributed by atoms with E-state index >= 15 is 0 Å². The van der Waals surface area contributed by atoms with Crippen LogP contribution < -0.4 is 5.32 Å². The Morgan fingerprint density at radius 1 is 1.26 bits per heavy atom. The first-order valence-electron chi connectivity index (χ1n) is 6.14. The highest BCUT2D eigenvalue weighted by Gasteiger charge is 2.09.